The Balaban J connectivity index is 2.59. The second kappa shape index (κ2) is 5.36. The topological polar surface area (TPSA) is 0 Å². The zero-order valence-corrected chi connectivity index (χ0v) is 11.7. The van der Waals surface area contributed by atoms with Crippen molar-refractivity contribution in [3.8, 4) is 0 Å². The van der Waals surface area contributed by atoms with Gasteiger partial charge in [0.2, 0.25) is 0 Å². The van der Waals surface area contributed by atoms with Crippen LogP contribution in [0.2, 0.25) is 0 Å². The Morgan fingerprint density at radius 2 is 1.93 bits per heavy atom. The van der Waals surface area contributed by atoms with Gasteiger partial charge in [-0.25, -0.2) is 0 Å². The van der Waals surface area contributed by atoms with Crippen LogP contribution in [-0.4, -0.2) is 5.38 Å². The largest absolute Gasteiger partial charge is 0.145 e. The minimum absolute atomic E-state index is 0.269. The maximum atomic E-state index is 6.06. The van der Waals surface area contributed by atoms with Crippen LogP contribution in [0.25, 0.3) is 0 Å². The molecule has 0 saturated heterocycles. The highest BCUT2D eigenvalue weighted by molar-refractivity contribution is 7.11. The molecular formula is C13H21ClS. The summed E-state index contributed by atoms with van der Waals surface area (Å²) in [6.07, 6.45) is 3.37. The van der Waals surface area contributed by atoms with Crippen molar-refractivity contribution < 1.29 is 0 Å². The van der Waals surface area contributed by atoms with E-state index in [1.807, 2.05) is 11.3 Å². The summed E-state index contributed by atoms with van der Waals surface area (Å²) >= 11 is 8.01. The van der Waals surface area contributed by atoms with E-state index < -0.39 is 0 Å². The van der Waals surface area contributed by atoms with E-state index >= 15 is 0 Å². The van der Waals surface area contributed by atoms with Crippen LogP contribution in [0.3, 0.4) is 0 Å². The number of hydrogen-bond donors (Lipinski definition) is 0. The summed E-state index contributed by atoms with van der Waals surface area (Å²) in [7, 11) is 0. The van der Waals surface area contributed by atoms with E-state index in [9.17, 15) is 0 Å². The lowest BCUT2D eigenvalue weighted by atomic mass is 9.84. The van der Waals surface area contributed by atoms with Crippen LogP contribution in [0.5, 0.6) is 0 Å². The Morgan fingerprint density at radius 1 is 1.33 bits per heavy atom. The zero-order chi connectivity index (χ0) is 11.5. The van der Waals surface area contributed by atoms with Gasteiger partial charge in [-0.15, -0.1) is 22.9 Å². The van der Waals surface area contributed by atoms with Crippen molar-refractivity contribution in [2.75, 3.05) is 0 Å². The minimum atomic E-state index is 0.269. The molecule has 0 nitrogen and oxygen atoms in total. The Kier molecular flexibility index (Phi) is 4.66. The predicted octanol–water partition coefficient (Wildman–Crippen LogP) is 4.90. The molecule has 1 aromatic heterocycles. The number of thiophene rings is 1. The summed E-state index contributed by atoms with van der Waals surface area (Å²) in [5.74, 6) is 0. The first-order chi connectivity index (χ1) is 6.93. The van der Waals surface area contributed by atoms with Crippen LogP contribution < -0.4 is 0 Å². The van der Waals surface area contributed by atoms with Crippen molar-refractivity contribution in [3.63, 3.8) is 0 Å². The molecule has 0 aliphatic heterocycles. The molecule has 0 aliphatic rings. The molecule has 0 saturated carbocycles. The van der Waals surface area contributed by atoms with Crippen molar-refractivity contribution in [1.82, 2.24) is 0 Å². The van der Waals surface area contributed by atoms with Gasteiger partial charge in [0.1, 0.15) is 0 Å². The molecule has 0 N–H and O–H groups in total. The van der Waals surface area contributed by atoms with Crippen molar-refractivity contribution in [1.29, 1.82) is 0 Å². The molecule has 0 spiro atoms. The van der Waals surface area contributed by atoms with Crippen LogP contribution in [0.15, 0.2) is 12.1 Å². The van der Waals surface area contributed by atoms with Gasteiger partial charge >= 0.3 is 0 Å². The monoisotopic (exact) mass is 244 g/mol. The van der Waals surface area contributed by atoms with E-state index in [1.54, 1.807) is 0 Å². The van der Waals surface area contributed by atoms with Crippen LogP contribution >= 0.6 is 22.9 Å². The average molecular weight is 245 g/mol. The van der Waals surface area contributed by atoms with Gasteiger partial charge < -0.3 is 0 Å². The van der Waals surface area contributed by atoms with Crippen LogP contribution in [0, 0.1) is 5.41 Å². The fourth-order valence-electron chi connectivity index (χ4n) is 2.01. The maximum absolute atomic E-state index is 6.06. The number of rotatable bonds is 5. The van der Waals surface area contributed by atoms with Crippen molar-refractivity contribution in [3.05, 3.63) is 21.9 Å². The highest BCUT2D eigenvalue weighted by Gasteiger charge is 2.21. The molecule has 0 aliphatic carbocycles. The Morgan fingerprint density at radius 3 is 2.40 bits per heavy atom. The number of halogens is 1. The molecule has 0 radical (unpaired) electrons. The van der Waals surface area contributed by atoms with Gasteiger partial charge in [-0.3, -0.25) is 0 Å². The van der Waals surface area contributed by atoms with Gasteiger partial charge in [-0.1, -0.05) is 20.8 Å². The average Bonchev–Trinajstić information content (AvgIpc) is 2.48. The molecule has 86 valence electrons. The molecule has 1 atom stereocenters. The second-order valence-corrected chi connectivity index (χ2v) is 7.05. The number of hydrogen-bond acceptors (Lipinski definition) is 1. The third-order valence-electron chi connectivity index (χ3n) is 2.55. The first-order valence-electron chi connectivity index (χ1n) is 5.64. The molecule has 2 heteroatoms. The maximum Gasteiger partial charge on any atom is 0.0313 e. The van der Waals surface area contributed by atoms with E-state index in [2.05, 4.69) is 39.8 Å². The van der Waals surface area contributed by atoms with Crippen molar-refractivity contribution in [2.24, 2.45) is 5.41 Å². The van der Waals surface area contributed by atoms with Gasteiger partial charge in [0, 0.05) is 15.1 Å². The Bertz CT molecular complexity index is 299. The SMILES string of the molecule is CCc1ccc(CC(C)(C)CC(C)Cl)s1. The normalized spacial score (nSPS) is 14.2. The molecule has 1 heterocycles. The summed E-state index contributed by atoms with van der Waals surface area (Å²) in [6.45, 7) is 8.89. The second-order valence-electron chi connectivity index (χ2n) is 5.05. The molecule has 0 aromatic carbocycles. The Labute approximate surface area is 103 Å². The smallest absolute Gasteiger partial charge is 0.0313 e. The third kappa shape index (κ3) is 4.56. The zero-order valence-electron chi connectivity index (χ0n) is 10.1. The molecule has 1 rings (SSSR count). The summed E-state index contributed by atoms with van der Waals surface area (Å²) in [5.41, 5.74) is 0.316. The molecule has 0 bridgehead atoms. The fraction of sp³-hybridized carbons (Fsp3) is 0.692. The standard InChI is InChI=1S/C13H21ClS/c1-5-11-6-7-12(15-11)9-13(3,4)8-10(2)14/h6-7,10H,5,8-9H2,1-4H3. The quantitative estimate of drug-likeness (QED) is 0.647. The van der Waals surface area contributed by atoms with E-state index in [0.717, 1.165) is 19.3 Å². The van der Waals surface area contributed by atoms with E-state index in [0.29, 0.717) is 5.41 Å². The summed E-state index contributed by atoms with van der Waals surface area (Å²) in [6, 6.07) is 4.52. The lowest BCUT2D eigenvalue weighted by Gasteiger charge is -2.25. The fourth-order valence-corrected chi connectivity index (χ4v) is 3.65. The van der Waals surface area contributed by atoms with E-state index in [1.165, 1.54) is 9.75 Å². The number of aryl methyl sites for hydroxylation is 1. The van der Waals surface area contributed by atoms with Crippen molar-refractivity contribution >= 4 is 22.9 Å². The highest BCUT2D eigenvalue weighted by atomic mass is 35.5. The van der Waals surface area contributed by atoms with Gasteiger partial charge in [-0.05, 0) is 43.7 Å². The van der Waals surface area contributed by atoms with E-state index in [-0.39, 0.29) is 5.38 Å². The van der Waals surface area contributed by atoms with Gasteiger partial charge in [0.25, 0.3) is 0 Å². The molecule has 15 heavy (non-hydrogen) atoms. The van der Waals surface area contributed by atoms with Gasteiger partial charge in [0.05, 0.1) is 0 Å². The summed E-state index contributed by atoms with van der Waals surface area (Å²) in [5, 5.41) is 0.269. The summed E-state index contributed by atoms with van der Waals surface area (Å²) in [4.78, 5) is 2.98. The van der Waals surface area contributed by atoms with Crippen LogP contribution in [0.4, 0.5) is 0 Å². The minimum Gasteiger partial charge on any atom is -0.145 e. The van der Waals surface area contributed by atoms with E-state index in [4.69, 9.17) is 11.6 Å². The first kappa shape index (κ1) is 13.1. The molecule has 0 amide bonds. The third-order valence-corrected chi connectivity index (χ3v) is 3.94. The molecule has 1 unspecified atom stereocenters. The lowest BCUT2D eigenvalue weighted by Crippen LogP contribution is -2.18. The first-order valence-corrected chi connectivity index (χ1v) is 6.90. The van der Waals surface area contributed by atoms with Crippen LogP contribution in [-0.2, 0) is 12.8 Å². The van der Waals surface area contributed by atoms with Crippen molar-refractivity contribution in [2.45, 2.75) is 52.3 Å². The summed E-state index contributed by atoms with van der Waals surface area (Å²) < 4.78 is 0. The lowest BCUT2D eigenvalue weighted by molar-refractivity contribution is 0.334. The van der Waals surface area contributed by atoms with Gasteiger partial charge in [-0.2, -0.15) is 0 Å². The molecule has 1 aromatic rings. The van der Waals surface area contributed by atoms with Gasteiger partial charge in [0.15, 0.2) is 0 Å². The molecule has 0 fully saturated rings. The molecular weight excluding hydrogens is 224 g/mol. The number of alkyl halides is 1. The highest BCUT2D eigenvalue weighted by Crippen LogP contribution is 2.31. The Hall–Kier alpha value is -0.0100. The van der Waals surface area contributed by atoms with Crippen LogP contribution in [0.1, 0.15) is 43.9 Å². The predicted molar refractivity (Wildman–Crippen MR) is 71.1 cm³/mol.